The summed E-state index contributed by atoms with van der Waals surface area (Å²) in [5, 5.41) is 15.5. The van der Waals surface area contributed by atoms with E-state index >= 15 is 0 Å². The number of rotatable bonds is 4. The van der Waals surface area contributed by atoms with Crippen LogP contribution < -0.4 is 5.32 Å². The van der Waals surface area contributed by atoms with E-state index in [-0.39, 0.29) is 17.7 Å². The second-order valence-corrected chi connectivity index (χ2v) is 8.55. The molecule has 0 unspecified atom stereocenters. The molecule has 26 heavy (non-hydrogen) atoms. The van der Waals surface area contributed by atoms with Gasteiger partial charge in [-0.1, -0.05) is 29.3 Å². The molecular formula is C18H16Cl2N2O3S. The number of hydrogen-bond acceptors (Lipinski definition) is 4. The average molecular weight is 411 g/mol. The molecule has 2 aromatic rings. The Hall–Kier alpha value is -1.63. The van der Waals surface area contributed by atoms with Crippen molar-refractivity contribution in [1.82, 2.24) is 4.98 Å². The van der Waals surface area contributed by atoms with Crippen LogP contribution in [0.2, 0.25) is 10.0 Å². The first-order chi connectivity index (χ1) is 12.4. The Labute approximate surface area is 164 Å². The summed E-state index contributed by atoms with van der Waals surface area (Å²) in [5.74, 6) is -1.87. The highest BCUT2D eigenvalue weighted by atomic mass is 35.5. The van der Waals surface area contributed by atoms with Gasteiger partial charge in [0, 0.05) is 10.9 Å². The number of carbonyl (C=O) groups excluding carboxylic acids is 1. The molecule has 0 spiro atoms. The fourth-order valence-corrected chi connectivity index (χ4v) is 5.35. The van der Waals surface area contributed by atoms with E-state index in [1.165, 1.54) is 11.3 Å². The fourth-order valence-electron chi connectivity index (χ4n) is 4.33. The molecule has 4 rings (SSSR count). The van der Waals surface area contributed by atoms with E-state index in [4.69, 9.17) is 23.2 Å². The average Bonchev–Trinajstić information content (AvgIpc) is 3.32. The highest BCUT2D eigenvalue weighted by Crippen LogP contribution is 2.52. The van der Waals surface area contributed by atoms with E-state index in [9.17, 15) is 14.7 Å². The van der Waals surface area contributed by atoms with Crippen molar-refractivity contribution in [1.29, 1.82) is 0 Å². The van der Waals surface area contributed by atoms with E-state index in [1.54, 1.807) is 12.1 Å². The number of thiazole rings is 1. The number of benzene rings is 1. The maximum Gasteiger partial charge on any atom is 0.307 e. The van der Waals surface area contributed by atoms with Gasteiger partial charge in [0.2, 0.25) is 5.91 Å². The minimum atomic E-state index is -0.868. The Morgan fingerprint density at radius 3 is 2.58 bits per heavy atom. The van der Waals surface area contributed by atoms with Crippen LogP contribution in [-0.4, -0.2) is 22.0 Å². The summed E-state index contributed by atoms with van der Waals surface area (Å²) in [5.41, 5.74) is 1.49. The van der Waals surface area contributed by atoms with Gasteiger partial charge in [0.1, 0.15) is 0 Å². The van der Waals surface area contributed by atoms with Crippen molar-refractivity contribution in [2.45, 2.75) is 19.3 Å². The zero-order valence-electron chi connectivity index (χ0n) is 13.6. The molecule has 2 fully saturated rings. The standard InChI is InChI=1S/C18H16Cl2N2O3S/c19-11-4-3-8(6-12(11)20)13-7-26-18(21-13)22-16(23)14-9-1-2-10(5-9)15(14)17(24)25/h3-4,6-7,9-10,14-15H,1-2,5H2,(H,24,25)(H,21,22,23)/t9-,10-,14+,15-/m0/s1. The monoisotopic (exact) mass is 410 g/mol. The number of halogens is 2. The van der Waals surface area contributed by atoms with Gasteiger partial charge in [0.05, 0.1) is 27.6 Å². The second kappa shape index (κ2) is 6.83. The van der Waals surface area contributed by atoms with Crippen LogP contribution >= 0.6 is 34.5 Å². The third-order valence-corrected chi connectivity index (χ3v) is 6.95. The highest BCUT2D eigenvalue weighted by molar-refractivity contribution is 7.14. The number of nitrogens with one attached hydrogen (secondary N) is 1. The summed E-state index contributed by atoms with van der Waals surface area (Å²) in [6, 6.07) is 5.23. The van der Waals surface area contributed by atoms with Crippen LogP contribution in [0.25, 0.3) is 11.3 Å². The number of carbonyl (C=O) groups is 2. The molecule has 5 nitrogen and oxygen atoms in total. The van der Waals surface area contributed by atoms with Crippen molar-refractivity contribution in [2.75, 3.05) is 5.32 Å². The number of fused-ring (bicyclic) bond motifs is 2. The van der Waals surface area contributed by atoms with Gasteiger partial charge in [0.15, 0.2) is 5.13 Å². The van der Waals surface area contributed by atoms with Crippen LogP contribution in [-0.2, 0) is 9.59 Å². The first-order valence-electron chi connectivity index (χ1n) is 8.38. The van der Waals surface area contributed by atoms with Gasteiger partial charge < -0.3 is 10.4 Å². The lowest BCUT2D eigenvalue weighted by molar-refractivity contribution is -0.148. The third-order valence-electron chi connectivity index (χ3n) is 5.45. The van der Waals surface area contributed by atoms with Crippen LogP contribution in [0.4, 0.5) is 5.13 Å². The summed E-state index contributed by atoms with van der Waals surface area (Å²) >= 11 is 13.3. The van der Waals surface area contributed by atoms with E-state index in [1.807, 2.05) is 11.4 Å². The Morgan fingerprint density at radius 2 is 1.88 bits per heavy atom. The van der Waals surface area contributed by atoms with Crippen molar-refractivity contribution in [3.8, 4) is 11.3 Å². The Morgan fingerprint density at radius 1 is 1.15 bits per heavy atom. The lowest BCUT2D eigenvalue weighted by Crippen LogP contribution is -2.37. The molecule has 1 aromatic heterocycles. The smallest absolute Gasteiger partial charge is 0.307 e. The molecular weight excluding hydrogens is 395 g/mol. The number of aromatic nitrogens is 1. The first-order valence-corrected chi connectivity index (χ1v) is 10.0. The van der Waals surface area contributed by atoms with Crippen molar-refractivity contribution < 1.29 is 14.7 Å². The minimum absolute atomic E-state index is 0.122. The van der Waals surface area contributed by atoms with Crippen LogP contribution in [0.15, 0.2) is 23.6 Å². The van der Waals surface area contributed by atoms with Crippen LogP contribution in [0, 0.1) is 23.7 Å². The molecule has 136 valence electrons. The Bertz CT molecular complexity index is 885. The molecule has 1 amide bonds. The molecule has 4 atom stereocenters. The topological polar surface area (TPSA) is 79.3 Å². The van der Waals surface area contributed by atoms with Crippen LogP contribution in [0.1, 0.15) is 19.3 Å². The van der Waals surface area contributed by atoms with Gasteiger partial charge in [-0.3, -0.25) is 9.59 Å². The molecule has 2 aliphatic rings. The molecule has 1 aromatic carbocycles. The van der Waals surface area contributed by atoms with Crippen LogP contribution in [0.3, 0.4) is 0 Å². The maximum atomic E-state index is 12.7. The number of hydrogen-bond donors (Lipinski definition) is 2. The largest absolute Gasteiger partial charge is 0.481 e. The summed E-state index contributed by atoms with van der Waals surface area (Å²) in [4.78, 5) is 28.7. The van der Waals surface area contributed by atoms with Gasteiger partial charge >= 0.3 is 5.97 Å². The Balaban J connectivity index is 1.51. The summed E-state index contributed by atoms with van der Waals surface area (Å²) in [6.07, 6.45) is 2.67. The summed E-state index contributed by atoms with van der Waals surface area (Å²) in [6.45, 7) is 0. The number of carboxylic acid groups (broad SMARTS) is 1. The predicted molar refractivity (Wildman–Crippen MR) is 102 cm³/mol. The lowest BCUT2D eigenvalue weighted by Gasteiger charge is -2.26. The molecule has 2 saturated carbocycles. The fraction of sp³-hybridized carbons (Fsp3) is 0.389. The Kier molecular flexibility index (Phi) is 4.67. The molecule has 0 radical (unpaired) electrons. The molecule has 8 heteroatoms. The number of anilines is 1. The van der Waals surface area contributed by atoms with Crippen LogP contribution in [0.5, 0.6) is 0 Å². The SMILES string of the molecule is O=C(Nc1nc(-c2ccc(Cl)c(Cl)c2)cs1)[C@@H]1[C@H]2CC[C@@H](C2)[C@@H]1C(=O)O. The van der Waals surface area contributed by atoms with Gasteiger partial charge in [0.25, 0.3) is 0 Å². The quantitative estimate of drug-likeness (QED) is 0.758. The number of nitrogens with zero attached hydrogens (tertiary/aromatic N) is 1. The van der Waals surface area contributed by atoms with E-state index in [0.717, 1.165) is 24.8 Å². The molecule has 2 bridgehead atoms. The third kappa shape index (κ3) is 3.10. The molecule has 1 heterocycles. The van der Waals surface area contributed by atoms with Gasteiger partial charge in [-0.2, -0.15) is 0 Å². The molecule has 0 aliphatic heterocycles. The predicted octanol–water partition coefficient (Wildman–Crippen LogP) is 4.80. The van der Waals surface area contributed by atoms with Crippen molar-refractivity contribution in [3.63, 3.8) is 0 Å². The maximum absolute atomic E-state index is 12.7. The normalized spacial score (nSPS) is 26.8. The zero-order valence-corrected chi connectivity index (χ0v) is 15.9. The van der Waals surface area contributed by atoms with Gasteiger partial charge in [-0.05, 0) is 43.2 Å². The summed E-state index contributed by atoms with van der Waals surface area (Å²) < 4.78 is 0. The first kappa shape index (κ1) is 17.8. The molecule has 2 aliphatic carbocycles. The molecule has 2 N–H and O–H groups in total. The number of amides is 1. The lowest BCUT2D eigenvalue weighted by atomic mass is 9.79. The van der Waals surface area contributed by atoms with Gasteiger partial charge in [-0.25, -0.2) is 4.98 Å². The minimum Gasteiger partial charge on any atom is -0.481 e. The van der Waals surface area contributed by atoms with E-state index in [2.05, 4.69) is 10.3 Å². The molecule has 0 saturated heterocycles. The van der Waals surface area contributed by atoms with Gasteiger partial charge in [-0.15, -0.1) is 11.3 Å². The number of aliphatic carboxylic acids is 1. The van der Waals surface area contributed by atoms with Crippen molar-refractivity contribution >= 4 is 51.5 Å². The highest BCUT2D eigenvalue weighted by Gasteiger charge is 2.54. The van der Waals surface area contributed by atoms with Crippen molar-refractivity contribution in [2.24, 2.45) is 23.7 Å². The van der Waals surface area contributed by atoms with E-state index in [0.29, 0.717) is 20.9 Å². The van der Waals surface area contributed by atoms with E-state index < -0.39 is 17.8 Å². The summed E-state index contributed by atoms with van der Waals surface area (Å²) in [7, 11) is 0. The second-order valence-electron chi connectivity index (χ2n) is 6.88. The van der Waals surface area contributed by atoms with Crippen molar-refractivity contribution in [3.05, 3.63) is 33.6 Å². The number of carboxylic acids is 1. The zero-order chi connectivity index (χ0) is 18.4.